The van der Waals surface area contributed by atoms with Crippen LogP contribution in [0, 0.1) is 6.92 Å². The number of hydrogen-bond acceptors (Lipinski definition) is 3. The van der Waals surface area contributed by atoms with Gasteiger partial charge in [0, 0.05) is 42.9 Å². The van der Waals surface area contributed by atoms with Crippen LogP contribution < -0.4 is 10.6 Å². The zero-order chi connectivity index (χ0) is 13.8. The lowest BCUT2D eigenvalue weighted by Crippen LogP contribution is -2.48. The average molecular weight is 282 g/mol. The Balaban J connectivity index is 2.17. The summed E-state index contributed by atoms with van der Waals surface area (Å²) in [5.74, 6) is 0. The molecule has 1 fully saturated rings. The topological polar surface area (TPSA) is 44.4 Å². The number of amides is 1. The van der Waals surface area contributed by atoms with Gasteiger partial charge in [-0.15, -0.1) is 0 Å². The highest BCUT2D eigenvalue weighted by Crippen LogP contribution is 2.25. The molecule has 1 aliphatic rings. The van der Waals surface area contributed by atoms with E-state index in [0.29, 0.717) is 17.5 Å². The highest BCUT2D eigenvalue weighted by atomic mass is 35.5. The van der Waals surface area contributed by atoms with Crippen molar-refractivity contribution in [3.8, 4) is 0 Å². The molecular formula is C14H20ClN3O. The largest absolute Gasteiger partial charge is 0.328 e. The van der Waals surface area contributed by atoms with Gasteiger partial charge in [0.25, 0.3) is 0 Å². The first kappa shape index (κ1) is 14.3. The van der Waals surface area contributed by atoms with Gasteiger partial charge in [-0.2, -0.15) is 0 Å². The molecule has 1 saturated heterocycles. The summed E-state index contributed by atoms with van der Waals surface area (Å²) in [5.41, 5.74) is 3.05. The average Bonchev–Trinajstić information content (AvgIpc) is 2.35. The Morgan fingerprint density at radius 2 is 2.37 bits per heavy atom. The van der Waals surface area contributed by atoms with Crippen molar-refractivity contribution in [1.29, 1.82) is 0 Å². The second kappa shape index (κ2) is 6.37. The van der Waals surface area contributed by atoms with Crippen LogP contribution in [-0.2, 0) is 11.3 Å². The summed E-state index contributed by atoms with van der Waals surface area (Å²) >= 11 is 6.12. The summed E-state index contributed by atoms with van der Waals surface area (Å²) in [7, 11) is 0. The summed E-state index contributed by atoms with van der Waals surface area (Å²) < 4.78 is 0. The number of piperazine rings is 1. The van der Waals surface area contributed by atoms with Gasteiger partial charge in [0.15, 0.2) is 0 Å². The lowest BCUT2D eigenvalue weighted by molar-refractivity contribution is -0.105. The van der Waals surface area contributed by atoms with E-state index in [4.69, 9.17) is 11.6 Å². The minimum Gasteiger partial charge on any atom is -0.328 e. The molecule has 1 aromatic rings. The van der Waals surface area contributed by atoms with Crippen LogP contribution in [-0.4, -0.2) is 37.0 Å². The normalized spacial score (nSPS) is 20.3. The molecule has 1 aromatic carbocycles. The lowest BCUT2D eigenvalue weighted by Gasteiger charge is -2.32. The van der Waals surface area contributed by atoms with Crippen molar-refractivity contribution in [2.45, 2.75) is 26.4 Å². The molecule has 2 N–H and O–H groups in total. The van der Waals surface area contributed by atoms with Crippen LogP contribution in [0.3, 0.4) is 0 Å². The van der Waals surface area contributed by atoms with E-state index in [1.54, 1.807) is 6.07 Å². The smallest absolute Gasteiger partial charge is 0.211 e. The number of benzene rings is 1. The zero-order valence-electron chi connectivity index (χ0n) is 11.4. The van der Waals surface area contributed by atoms with Gasteiger partial charge in [-0.25, -0.2) is 0 Å². The van der Waals surface area contributed by atoms with E-state index in [1.165, 1.54) is 5.56 Å². The van der Waals surface area contributed by atoms with Gasteiger partial charge < -0.3 is 10.6 Å². The first-order chi connectivity index (χ1) is 9.10. The number of rotatable bonds is 4. The van der Waals surface area contributed by atoms with Crippen molar-refractivity contribution in [2.24, 2.45) is 0 Å². The zero-order valence-corrected chi connectivity index (χ0v) is 12.1. The standard InChI is InChI=1S/C14H20ClN3O/c1-10-7-18(4-3-16-10)8-12-5-13(15)6-14(11(12)2)17-9-19/h5-6,9-10,16H,3-4,7-8H2,1-2H3,(H,17,19)/t10-/m0/s1. The molecule has 5 heteroatoms. The van der Waals surface area contributed by atoms with E-state index in [9.17, 15) is 4.79 Å². The highest BCUT2D eigenvalue weighted by molar-refractivity contribution is 6.31. The first-order valence-electron chi connectivity index (χ1n) is 6.55. The number of carbonyl (C=O) groups excluding carboxylic acids is 1. The lowest BCUT2D eigenvalue weighted by atomic mass is 10.1. The van der Waals surface area contributed by atoms with Crippen LogP contribution in [0.5, 0.6) is 0 Å². The number of nitrogens with zero attached hydrogens (tertiary/aromatic N) is 1. The Kier molecular flexibility index (Phi) is 4.80. The molecular weight excluding hydrogens is 262 g/mol. The van der Waals surface area contributed by atoms with Gasteiger partial charge in [0.05, 0.1) is 0 Å². The maximum atomic E-state index is 10.6. The van der Waals surface area contributed by atoms with E-state index >= 15 is 0 Å². The Hall–Kier alpha value is -1.10. The number of hydrogen-bond donors (Lipinski definition) is 2. The summed E-state index contributed by atoms with van der Waals surface area (Å²) in [6.45, 7) is 8.15. The second-order valence-electron chi connectivity index (χ2n) is 5.09. The fourth-order valence-corrected chi connectivity index (χ4v) is 2.75. The highest BCUT2D eigenvalue weighted by Gasteiger charge is 2.17. The summed E-state index contributed by atoms with van der Waals surface area (Å²) in [6, 6.07) is 4.29. The van der Waals surface area contributed by atoms with Crippen LogP contribution in [0.25, 0.3) is 0 Å². The molecule has 0 spiro atoms. The van der Waals surface area contributed by atoms with Gasteiger partial charge >= 0.3 is 0 Å². The van der Waals surface area contributed by atoms with Gasteiger partial charge in [0.2, 0.25) is 6.41 Å². The van der Waals surface area contributed by atoms with Gasteiger partial charge in [-0.1, -0.05) is 11.6 Å². The molecule has 1 amide bonds. The third kappa shape index (κ3) is 3.69. The van der Waals surface area contributed by atoms with E-state index in [-0.39, 0.29) is 0 Å². The number of carbonyl (C=O) groups is 1. The maximum absolute atomic E-state index is 10.6. The van der Waals surface area contributed by atoms with Crippen molar-refractivity contribution in [3.05, 3.63) is 28.3 Å². The van der Waals surface area contributed by atoms with Crippen molar-refractivity contribution < 1.29 is 4.79 Å². The molecule has 1 heterocycles. The Morgan fingerprint density at radius 1 is 1.58 bits per heavy atom. The predicted molar refractivity (Wildman–Crippen MR) is 78.6 cm³/mol. The van der Waals surface area contributed by atoms with Crippen molar-refractivity contribution in [3.63, 3.8) is 0 Å². The minimum atomic E-state index is 0.515. The van der Waals surface area contributed by atoms with Gasteiger partial charge in [-0.3, -0.25) is 9.69 Å². The molecule has 4 nitrogen and oxygen atoms in total. The third-order valence-electron chi connectivity index (χ3n) is 3.54. The maximum Gasteiger partial charge on any atom is 0.211 e. The third-order valence-corrected chi connectivity index (χ3v) is 3.76. The van der Waals surface area contributed by atoms with Crippen molar-refractivity contribution in [2.75, 3.05) is 25.0 Å². The molecule has 0 radical (unpaired) electrons. The van der Waals surface area contributed by atoms with Crippen LogP contribution in [0.1, 0.15) is 18.1 Å². The fourth-order valence-electron chi connectivity index (χ4n) is 2.51. The molecule has 104 valence electrons. The molecule has 0 bridgehead atoms. The van der Waals surface area contributed by atoms with Crippen molar-refractivity contribution in [1.82, 2.24) is 10.2 Å². The summed E-state index contributed by atoms with van der Waals surface area (Å²) in [4.78, 5) is 13.0. The predicted octanol–water partition coefficient (Wildman–Crippen LogP) is 2.01. The molecule has 1 aliphatic heterocycles. The second-order valence-corrected chi connectivity index (χ2v) is 5.53. The van der Waals surface area contributed by atoms with E-state index in [1.807, 2.05) is 13.0 Å². The Bertz CT molecular complexity index is 464. The first-order valence-corrected chi connectivity index (χ1v) is 6.93. The Labute approximate surface area is 119 Å². The van der Waals surface area contributed by atoms with Crippen molar-refractivity contribution >= 4 is 23.7 Å². The quantitative estimate of drug-likeness (QED) is 0.830. The van der Waals surface area contributed by atoms with Gasteiger partial charge in [-0.05, 0) is 37.1 Å². The molecule has 2 rings (SSSR count). The molecule has 1 atom stereocenters. The molecule has 19 heavy (non-hydrogen) atoms. The van der Waals surface area contributed by atoms with Crippen LogP contribution in [0.4, 0.5) is 5.69 Å². The monoisotopic (exact) mass is 281 g/mol. The summed E-state index contributed by atoms with van der Waals surface area (Å²) in [5, 5.41) is 6.80. The van der Waals surface area contributed by atoms with Crippen LogP contribution in [0.15, 0.2) is 12.1 Å². The number of nitrogens with one attached hydrogen (secondary N) is 2. The van der Waals surface area contributed by atoms with E-state index in [0.717, 1.165) is 37.4 Å². The minimum absolute atomic E-state index is 0.515. The van der Waals surface area contributed by atoms with Gasteiger partial charge in [0.1, 0.15) is 0 Å². The van der Waals surface area contributed by atoms with Crippen LogP contribution >= 0.6 is 11.6 Å². The number of halogens is 1. The molecule has 0 aromatic heterocycles. The molecule has 0 aliphatic carbocycles. The van der Waals surface area contributed by atoms with E-state index < -0.39 is 0 Å². The molecule has 0 unspecified atom stereocenters. The van der Waals surface area contributed by atoms with E-state index in [2.05, 4.69) is 22.5 Å². The number of anilines is 1. The Morgan fingerprint density at radius 3 is 3.05 bits per heavy atom. The fraction of sp³-hybridized carbons (Fsp3) is 0.500. The SMILES string of the molecule is Cc1c(CN2CCN[C@@H](C)C2)cc(Cl)cc1NC=O. The molecule has 0 saturated carbocycles. The van der Waals surface area contributed by atoms with Crippen LogP contribution in [0.2, 0.25) is 5.02 Å². The summed E-state index contributed by atoms with van der Waals surface area (Å²) in [6.07, 6.45) is 0.690.